The number of alkyl halides is 6. The van der Waals surface area contributed by atoms with Gasteiger partial charge in [0.05, 0.1) is 57.7 Å². The number of nitrogens with zero attached hydrogens (tertiary/aromatic N) is 10. The van der Waals surface area contributed by atoms with E-state index in [9.17, 15) is 43.9 Å². The van der Waals surface area contributed by atoms with E-state index in [1.54, 1.807) is 10.8 Å². The van der Waals surface area contributed by atoms with E-state index in [2.05, 4.69) is 20.5 Å². The smallest absolute Gasteiger partial charge is 0.387 e. The van der Waals surface area contributed by atoms with Crippen molar-refractivity contribution in [3.05, 3.63) is 138 Å². The van der Waals surface area contributed by atoms with E-state index < -0.39 is 77.1 Å². The molecule has 0 spiro atoms. The van der Waals surface area contributed by atoms with Gasteiger partial charge < -0.3 is 9.68 Å². The summed E-state index contributed by atoms with van der Waals surface area (Å²) in [4.78, 5) is 39.7. The number of halogens is 10. The van der Waals surface area contributed by atoms with Crippen molar-refractivity contribution in [1.29, 1.82) is 0 Å². The van der Waals surface area contributed by atoms with Crippen molar-refractivity contribution >= 4 is 39.9 Å². The number of rotatable bonds is 14. The highest BCUT2D eigenvalue weighted by Crippen LogP contribution is 2.39. The first-order chi connectivity index (χ1) is 35.3. The van der Waals surface area contributed by atoms with Crippen LogP contribution in [0.3, 0.4) is 0 Å². The molecule has 2 fully saturated rings. The first-order valence-corrected chi connectivity index (χ1v) is 25.5. The Morgan fingerprint density at radius 3 is 1.32 bits per heavy atom. The number of carbonyl (C=O) groups excluding carboxylic acids is 1. The number of Topliss-reactive ketones (excluding diaryl/α,β-unsaturated/α-hetero) is 1. The third kappa shape index (κ3) is 10.6. The Morgan fingerprint density at radius 2 is 0.986 bits per heavy atom. The van der Waals surface area contributed by atoms with E-state index in [4.69, 9.17) is 19.6 Å². The maximum Gasteiger partial charge on any atom is 0.435 e. The number of ketones is 1. The van der Waals surface area contributed by atoms with E-state index >= 15 is 4.79 Å². The molecule has 13 nitrogen and oxygen atoms in total. The van der Waals surface area contributed by atoms with Gasteiger partial charge in [-0.25, -0.2) is 27.5 Å². The molecule has 2 saturated heterocycles. The lowest BCUT2D eigenvalue weighted by Crippen LogP contribution is -2.57. The number of piperidine rings is 2. The molecule has 2 aromatic carbocycles. The van der Waals surface area contributed by atoms with E-state index in [0.717, 1.165) is 55.8 Å². The van der Waals surface area contributed by atoms with Crippen molar-refractivity contribution in [2.24, 2.45) is 10.3 Å². The molecule has 6 aromatic rings. The minimum Gasteiger partial charge on any atom is -0.387 e. The maximum atomic E-state index is 15.5. The molecule has 4 atom stereocenters. The number of oxime groups is 2. The Balaban J connectivity index is 0.875. The van der Waals surface area contributed by atoms with Gasteiger partial charge in [-0.15, -0.1) is 22.7 Å². The van der Waals surface area contributed by atoms with Gasteiger partial charge in [-0.3, -0.25) is 24.0 Å². The molecule has 0 saturated carbocycles. The van der Waals surface area contributed by atoms with E-state index in [0.29, 0.717) is 74.7 Å². The number of carbonyl (C=O) groups is 1. The minimum absolute atomic E-state index is 0.0858. The van der Waals surface area contributed by atoms with E-state index in [-0.39, 0.29) is 60.3 Å². The molecule has 8 heterocycles. The second kappa shape index (κ2) is 20.6. The van der Waals surface area contributed by atoms with Crippen LogP contribution in [0, 0.1) is 37.1 Å². The zero-order valence-corrected chi connectivity index (χ0v) is 41.1. The van der Waals surface area contributed by atoms with Crippen LogP contribution >= 0.6 is 22.7 Å². The molecule has 0 amide bonds. The van der Waals surface area contributed by atoms with E-state index in [1.165, 1.54) is 48.7 Å². The summed E-state index contributed by atoms with van der Waals surface area (Å²) < 4.78 is 145. The van der Waals surface area contributed by atoms with Crippen LogP contribution in [-0.2, 0) is 39.9 Å². The summed E-state index contributed by atoms with van der Waals surface area (Å²) >= 11 is 2.74. The van der Waals surface area contributed by atoms with Crippen molar-refractivity contribution < 1.29 is 58.4 Å². The summed E-state index contributed by atoms with van der Waals surface area (Å²) in [5.41, 5.74) is -0.604. The van der Waals surface area contributed by atoms with Crippen LogP contribution in [0.25, 0.3) is 0 Å². The normalized spacial score (nSPS) is 20.4. The minimum atomic E-state index is -4.77. The molecular formula is C49H46F10N10O3S2. The van der Waals surface area contributed by atoms with Crippen LogP contribution in [0.5, 0.6) is 0 Å². The van der Waals surface area contributed by atoms with Gasteiger partial charge in [0.25, 0.3) is 0 Å². The molecule has 4 aliphatic rings. The van der Waals surface area contributed by atoms with E-state index in [1.807, 2.05) is 9.80 Å². The highest BCUT2D eigenvalue weighted by Gasteiger charge is 2.43. The topological polar surface area (TPSA) is 128 Å². The fourth-order valence-electron chi connectivity index (χ4n) is 10.1. The predicted molar refractivity (Wildman–Crippen MR) is 251 cm³/mol. The molecule has 25 heteroatoms. The summed E-state index contributed by atoms with van der Waals surface area (Å²) in [6, 6.07) is 6.71. The molecule has 0 radical (unpaired) electrons. The molecule has 74 heavy (non-hydrogen) atoms. The van der Waals surface area contributed by atoms with Gasteiger partial charge in [0.15, 0.2) is 29.4 Å². The first kappa shape index (κ1) is 51.4. The number of hydrogen-bond acceptors (Lipinski definition) is 13. The molecular weight excluding hydrogens is 1030 g/mol. The van der Waals surface area contributed by atoms with Gasteiger partial charge in [-0.2, -0.15) is 36.5 Å². The van der Waals surface area contributed by atoms with Crippen molar-refractivity contribution in [2.75, 3.05) is 26.2 Å². The highest BCUT2D eigenvalue weighted by atomic mass is 32.1. The summed E-state index contributed by atoms with van der Waals surface area (Å²) in [6.07, 6.45) is -9.41. The zero-order chi connectivity index (χ0) is 52.2. The third-order valence-corrected chi connectivity index (χ3v) is 16.2. The SMILES string of the molecule is Cc1cc(C(F)(F)F)nn1CC(C(=O)C(Cn1nc(C(F)(F)F)cc1C)N1CCC(c2nc(C3=NO[C@H](c4c(F)cccc4F)C3)cs2)CC1)N1CCC(c2nc(C3=NO[C@H](c4c(F)cccc4F)C3)cs2)CC1. The lowest BCUT2D eigenvalue weighted by molar-refractivity contribution is -0.142. The van der Waals surface area contributed by atoms with Crippen molar-refractivity contribution in [1.82, 2.24) is 39.3 Å². The standard InChI is InChI=1S/C49H46F10N10O3S2/c1-25-17-41(48(54,55)56)62-68(25)21-37(66-13-9-27(10-14-66)46-60-35(23-73-46)33-19-39(71-64-33)43-29(50)5-3-6-30(43)51)45(70)38(22-69-26(2)18-42(63-69)49(57,58)59)67-15-11-28(12-16-67)47-61-36(24-74-47)34-20-40(72-65-34)44-31(52)7-4-8-32(44)53/h3-8,17-18,23-24,27-28,37-40H,9-16,19-22H2,1-2H3/t37?,38?,39-,40-/m0/s1. The van der Waals surface area contributed by atoms with Crippen LogP contribution in [-0.4, -0.2) is 94.8 Å². The van der Waals surface area contributed by atoms with Gasteiger partial charge in [-0.05, 0) is 102 Å². The average molecular weight is 1080 g/mol. The van der Waals surface area contributed by atoms with Crippen molar-refractivity contribution in [3.8, 4) is 0 Å². The fourth-order valence-corrected chi connectivity index (χ4v) is 12.1. The van der Waals surface area contributed by atoms with Gasteiger partial charge in [-0.1, -0.05) is 22.4 Å². The number of thiazole rings is 2. The molecule has 0 bridgehead atoms. The maximum absolute atomic E-state index is 15.5. The summed E-state index contributed by atoms with van der Waals surface area (Å²) in [6.45, 7) is 3.54. The monoisotopic (exact) mass is 1080 g/mol. The van der Waals surface area contributed by atoms with Crippen molar-refractivity contribution in [3.63, 3.8) is 0 Å². The Bertz CT molecular complexity index is 2850. The molecule has 4 aromatic heterocycles. The Kier molecular flexibility index (Phi) is 14.3. The Morgan fingerprint density at radius 1 is 0.622 bits per heavy atom. The Labute approximate surface area is 424 Å². The lowest BCUT2D eigenvalue weighted by atomic mass is 9.91. The number of aryl methyl sites for hydroxylation is 2. The quantitative estimate of drug-likeness (QED) is 0.0980. The zero-order valence-electron chi connectivity index (χ0n) is 39.5. The second-order valence-electron chi connectivity index (χ2n) is 18.8. The molecule has 0 N–H and O–H groups in total. The molecule has 4 aliphatic heterocycles. The molecule has 10 rings (SSSR count). The second-order valence-corrected chi connectivity index (χ2v) is 20.6. The molecule has 0 aliphatic carbocycles. The largest absolute Gasteiger partial charge is 0.435 e. The van der Waals surface area contributed by atoms with Crippen molar-refractivity contribution in [2.45, 2.75) is 114 Å². The predicted octanol–water partition coefficient (Wildman–Crippen LogP) is 10.7. The number of likely N-dealkylation sites (tertiary alicyclic amines) is 2. The number of hydrogen-bond donors (Lipinski definition) is 0. The summed E-state index contributed by atoms with van der Waals surface area (Å²) in [5, 5.41) is 21.0. The van der Waals surface area contributed by atoms with Gasteiger partial charge in [0.1, 0.15) is 34.7 Å². The number of aromatic nitrogens is 6. The number of benzene rings is 2. The molecule has 392 valence electrons. The lowest BCUT2D eigenvalue weighted by Gasteiger charge is -2.41. The third-order valence-electron chi connectivity index (χ3n) is 14.1. The van der Waals surface area contributed by atoms with Gasteiger partial charge in [0, 0.05) is 46.8 Å². The van der Waals surface area contributed by atoms with Crippen LogP contribution in [0.4, 0.5) is 43.9 Å². The first-order valence-electron chi connectivity index (χ1n) is 23.8. The Hall–Kier alpha value is -6.05. The summed E-state index contributed by atoms with van der Waals surface area (Å²) in [7, 11) is 0. The molecule has 2 unspecified atom stereocenters. The van der Waals surface area contributed by atoms with Crippen LogP contribution < -0.4 is 0 Å². The highest BCUT2D eigenvalue weighted by molar-refractivity contribution is 7.10. The van der Waals surface area contributed by atoms with Crippen LogP contribution in [0.15, 0.2) is 69.6 Å². The average Bonchev–Trinajstić information content (AvgIpc) is 4.23. The van der Waals surface area contributed by atoms with Gasteiger partial charge >= 0.3 is 12.4 Å². The van der Waals surface area contributed by atoms with Crippen LogP contribution in [0.2, 0.25) is 0 Å². The summed E-state index contributed by atoms with van der Waals surface area (Å²) in [5.74, 6) is -3.66. The fraction of sp³-hybridized carbons (Fsp3) is 0.449. The van der Waals surface area contributed by atoms with Crippen LogP contribution in [0.1, 0.15) is 118 Å². The van der Waals surface area contributed by atoms with Gasteiger partial charge in [0.2, 0.25) is 0 Å².